The van der Waals surface area contributed by atoms with Gasteiger partial charge in [0.1, 0.15) is 17.7 Å². The van der Waals surface area contributed by atoms with Crippen molar-refractivity contribution in [2.75, 3.05) is 0 Å². The first-order chi connectivity index (χ1) is 13.4. The number of carbonyl (C=O) groups excluding carboxylic acids is 2. The highest BCUT2D eigenvalue weighted by Gasteiger charge is 2.42. The fraction of sp³-hybridized carbons (Fsp3) is 0.667. The molecule has 162 valence electrons. The van der Waals surface area contributed by atoms with Gasteiger partial charge in [-0.25, -0.2) is 9.59 Å². The van der Waals surface area contributed by atoms with Crippen LogP contribution in [-0.2, 0) is 19.7 Å². The number of hydrogen-bond donors (Lipinski definition) is 1. The van der Waals surface area contributed by atoms with E-state index in [0.29, 0.717) is 5.92 Å². The number of ether oxygens (including phenoxy) is 2. The van der Waals surface area contributed by atoms with Gasteiger partial charge in [-0.05, 0) is 57.4 Å². The summed E-state index contributed by atoms with van der Waals surface area (Å²) in [4.78, 5) is 24.7. The van der Waals surface area contributed by atoms with Crippen molar-refractivity contribution in [1.29, 1.82) is 0 Å². The lowest BCUT2D eigenvalue weighted by Crippen LogP contribution is -2.47. The average molecular weight is 404 g/mol. The minimum Gasteiger partial charge on any atom is -0.461 e. The Morgan fingerprint density at radius 2 is 1.69 bits per heavy atom. The van der Waals surface area contributed by atoms with Crippen LogP contribution in [0.1, 0.15) is 73.3 Å². The first kappa shape index (κ1) is 23.2. The topological polar surface area (TPSA) is 64.6 Å². The van der Waals surface area contributed by atoms with Gasteiger partial charge in [0.2, 0.25) is 0 Å². The predicted octanol–water partition coefficient (Wildman–Crippen LogP) is 5.23. The molecule has 1 saturated carbocycles. The van der Waals surface area contributed by atoms with E-state index in [-0.39, 0.29) is 17.4 Å². The van der Waals surface area contributed by atoms with Gasteiger partial charge in [0.15, 0.2) is 0 Å². The molecule has 1 amide bonds. The van der Waals surface area contributed by atoms with Gasteiger partial charge in [-0.3, -0.25) is 0 Å². The minimum absolute atomic E-state index is 0.117. The Hall–Kier alpha value is -2.04. The monoisotopic (exact) mass is 403 g/mol. The first-order valence-electron chi connectivity index (χ1n) is 10.7. The largest absolute Gasteiger partial charge is 0.461 e. The molecule has 1 aromatic rings. The van der Waals surface area contributed by atoms with Crippen molar-refractivity contribution < 1.29 is 19.1 Å². The molecule has 1 N–H and O–H groups in total. The highest BCUT2D eigenvalue weighted by molar-refractivity contribution is 5.81. The standard InChI is InChI=1S/C24H37NO4/c1-16-13-14-19(24(6,7)18-11-9-8-10-12-18)20(15-16)28-21(26)17(2)25-22(27)29-23(3,4)5/h8-12,16-17,19-20H,13-15H2,1-7H3,(H,25,27)/t16-,17+,19-,20-/m1/s1. The van der Waals surface area contributed by atoms with E-state index in [1.165, 1.54) is 5.56 Å². The average Bonchev–Trinajstić information content (AvgIpc) is 2.60. The summed E-state index contributed by atoms with van der Waals surface area (Å²) in [5, 5.41) is 2.59. The predicted molar refractivity (Wildman–Crippen MR) is 115 cm³/mol. The van der Waals surface area contributed by atoms with Crippen molar-refractivity contribution in [1.82, 2.24) is 5.32 Å². The van der Waals surface area contributed by atoms with Gasteiger partial charge in [-0.2, -0.15) is 0 Å². The van der Waals surface area contributed by atoms with Gasteiger partial charge >= 0.3 is 12.1 Å². The van der Waals surface area contributed by atoms with Crippen LogP contribution in [0.4, 0.5) is 4.79 Å². The van der Waals surface area contributed by atoms with Gasteiger partial charge in [-0.1, -0.05) is 57.5 Å². The lowest BCUT2D eigenvalue weighted by Gasteiger charge is -2.44. The molecule has 1 aliphatic rings. The van der Waals surface area contributed by atoms with Gasteiger partial charge < -0.3 is 14.8 Å². The van der Waals surface area contributed by atoms with E-state index >= 15 is 0 Å². The van der Waals surface area contributed by atoms with Crippen LogP contribution in [0.2, 0.25) is 0 Å². The smallest absolute Gasteiger partial charge is 0.408 e. The highest BCUT2D eigenvalue weighted by Crippen LogP contribution is 2.43. The SMILES string of the molecule is C[C@@H]1CC[C@@H](C(C)(C)c2ccccc2)[C@H](OC(=O)[C@H](C)NC(=O)OC(C)(C)C)C1. The van der Waals surface area contributed by atoms with Crippen LogP contribution in [0.5, 0.6) is 0 Å². The van der Waals surface area contributed by atoms with E-state index in [9.17, 15) is 9.59 Å². The molecule has 0 heterocycles. The number of alkyl carbamates (subject to hydrolysis) is 1. The first-order valence-corrected chi connectivity index (χ1v) is 10.7. The van der Waals surface area contributed by atoms with Crippen molar-refractivity contribution in [3.63, 3.8) is 0 Å². The molecule has 1 aliphatic carbocycles. The Labute approximate surface area is 175 Å². The molecular weight excluding hydrogens is 366 g/mol. The molecule has 0 unspecified atom stereocenters. The number of carbonyl (C=O) groups is 2. The molecule has 1 fully saturated rings. The fourth-order valence-electron chi connectivity index (χ4n) is 4.16. The summed E-state index contributed by atoms with van der Waals surface area (Å²) < 4.78 is 11.2. The molecule has 4 atom stereocenters. The molecular formula is C24H37NO4. The number of hydrogen-bond acceptors (Lipinski definition) is 4. The van der Waals surface area contributed by atoms with Crippen LogP contribution < -0.4 is 5.32 Å². The number of esters is 1. The van der Waals surface area contributed by atoms with E-state index in [1.54, 1.807) is 27.7 Å². The second-order valence-corrected chi connectivity index (χ2v) is 9.96. The van der Waals surface area contributed by atoms with Crippen LogP contribution in [0.15, 0.2) is 30.3 Å². The second-order valence-electron chi connectivity index (χ2n) is 9.96. The molecule has 5 heteroatoms. The third-order valence-corrected chi connectivity index (χ3v) is 5.85. The molecule has 0 saturated heterocycles. The zero-order valence-electron chi connectivity index (χ0n) is 19.0. The van der Waals surface area contributed by atoms with E-state index in [1.807, 2.05) is 6.07 Å². The second kappa shape index (κ2) is 9.19. The molecule has 0 radical (unpaired) electrons. The molecule has 29 heavy (non-hydrogen) atoms. The van der Waals surface area contributed by atoms with Crippen LogP contribution in [0.3, 0.4) is 0 Å². The van der Waals surface area contributed by atoms with Gasteiger partial charge in [0.25, 0.3) is 0 Å². The zero-order valence-corrected chi connectivity index (χ0v) is 19.0. The Morgan fingerprint density at radius 1 is 1.07 bits per heavy atom. The summed E-state index contributed by atoms with van der Waals surface area (Å²) in [5.74, 6) is 0.312. The van der Waals surface area contributed by atoms with Gasteiger partial charge in [0, 0.05) is 5.92 Å². The third kappa shape index (κ3) is 6.48. The lowest BCUT2D eigenvalue weighted by molar-refractivity contribution is -0.158. The summed E-state index contributed by atoms with van der Waals surface area (Å²) in [7, 11) is 0. The molecule has 0 spiro atoms. The Morgan fingerprint density at radius 3 is 2.28 bits per heavy atom. The summed E-state index contributed by atoms with van der Waals surface area (Å²) in [6.07, 6.45) is 2.19. The van der Waals surface area contributed by atoms with E-state index in [4.69, 9.17) is 9.47 Å². The van der Waals surface area contributed by atoms with Crippen molar-refractivity contribution in [2.24, 2.45) is 11.8 Å². The van der Waals surface area contributed by atoms with E-state index < -0.39 is 23.7 Å². The van der Waals surface area contributed by atoms with E-state index in [2.05, 4.69) is 50.4 Å². The van der Waals surface area contributed by atoms with E-state index in [0.717, 1.165) is 19.3 Å². The van der Waals surface area contributed by atoms with Crippen LogP contribution >= 0.6 is 0 Å². The normalized spacial score (nSPS) is 23.8. The maximum absolute atomic E-state index is 12.7. The fourth-order valence-corrected chi connectivity index (χ4v) is 4.16. The quantitative estimate of drug-likeness (QED) is 0.684. The molecule has 0 aromatic heterocycles. The highest BCUT2D eigenvalue weighted by atomic mass is 16.6. The summed E-state index contributed by atoms with van der Waals surface area (Å²) in [6, 6.07) is 9.65. The maximum Gasteiger partial charge on any atom is 0.408 e. The number of benzene rings is 1. The molecule has 0 aliphatic heterocycles. The van der Waals surface area contributed by atoms with Gasteiger partial charge in [0.05, 0.1) is 0 Å². The minimum atomic E-state index is -0.762. The molecule has 2 rings (SSSR count). The number of rotatable bonds is 5. The third-order valence-electron chi connectivity index (χ3n) is 5.85. The molecule has 5 nitrogen and oxygen atoms in total. The van der Waals surface area contributed by atoms with Crippen molar-refractivity contribution in [2.45, 2.75) is 90.9 Å². The Kier molecular flexibility index (Phi) is 7.36. The van der Waals surface area contributed by atoms with Crippen LogP contribution in [-0.4, -0.2) is 29.8 Å². The molecule has 1 aromatic carbocycles. The molecule has 0 bridgehead atoms. The maximum atomic E-state index is 12.7. The summed E-state index contributed by atoms with van der Waals surface area (Å²) in [5.41, 5.74) is 0.520. The van der Waals surface area contributed by atoms with Crippen molar-refractivity contribution in [3.8, 4) is 0 Å². The lowest BCUT2D eigenvalue weighted by atomic mass is 9.64. The van der Waals surface area contributed by atoms with Gasteiger partial charge in [-0.15, -0.1) is 0 Å². The van der Waals surface area contributed by atoms with Crippen LogP contribution in [0.25, 0.3) is 0 Å². The van der Waals surface area contributed by atoms with Crippen molar-refractivity contribution in [3.05, 3.63) is 35.9 Å². The number of amides is 1. The Bertz CT molecular complexity index is 693. The van der Waals surface area contributed by atoms with Crippen molar-refractivity contribution >= 4 is 12.1 Å². The number of nitrogens with one attached hydrogen (secondary N) is 1. The zero-order chi connectivity index (χ0) is 21.8. The summed E-state index contributed by atoms with van der Waals surface area (Å²) >= 11 is 0. The Balaban J connectivity index is 2.09. The summed E-state index contributed by atoms with van der Waals surface area (Å²) in [6.45, 7) is 13.7. The van der Waals surface area contributed by atoms with Crippen LogP contribution in [0, 0.1) is 11.8 Å².